The fraction of sp³-hybridized carbons (Fsp3) is 0.625. The Labute approximate surface area is 68.6 Å². The van der Waals surface area contributed by atoms with Crippen LogP contribution in [0.1, 0.15) is 19.3 Å². The molecule has 1 aliphatic heterocycles. The third kappa shape index (κ3) is 1.10. The first-order valence-electron chi connectivity index (χ1n) is 4.05. The molecule has 0 bridgehead atoms. The summed E-state index contributed by atoms with van der Waals surface area (Å²) in [4.78, 5) is 11.3. The number of carbonyl (C=O) groups excluding carboxylic acids is 1. The lowest BCUT2D eigenvalue weighted by atomic mass is 10.0. The van der Waals surface area contributed by atoms with Crippen LogP contribution in [-0.2, 0) is 4.79 Å². The lowest BCUT2D eigenvalue weighted by molar-refractivity contribution is -0.117. The van der Waals surface area contributed by atoms with Crippen LogP contribution >= 0.6 is 9.24 Å². The molecule has 11 heavy (non-hydrogen) atoms. The Morgan fingerprint density at radius 1 is 1.45 bits per heavy atom. The maximum Gasteiger partial charge on any atom is 0.247 e. The van der Waals surface area contributed by atoms with Gasteiger partial charge in [0.1, 0.15) is 0 Å². The molecule has 1 amide bonds. The zero-order valence-corrected chi connectivity index (χ0v) is 7.55. The summed E-state index contributed by atoms with van der Waals surface area (Å²) in [6, 6.07) is 0. The zero-order valence-electron chi connectivity index (χ0n) is 6.39. The number of nitrogens with one attached hydrogen (secondary N) is 1. The van der Waals surface area contributed by atoms with E-state index >= 15 is 0 Å². The summed E-state index contributed by atoms with van der Waals surface area (Å²) >= 11 is 0. The van der Waals surface area contributed by atoms with Crippen molar-refractivity contribution < 1.29 is 4.79 Å². The molecule has 3 heteroatoms. The summed E-state index contributed by atoms with van der Waals surface area (Å²) in [6.45, 7) is 0.842. The highest BCUT2D eigenvalue weighted by atomic mass is 31.0. The smallest absolute Gasteiger partial charge is 0.247 e. The van der Waals surface area contributed by atoms with Gasteiger partial charge in [-0.3, -0.25) is 4.79 Å². The summed E-state index contributed by atoms with van der Waals surface area (Å²) < 4.78 is 0. The van der Waals surface area contributed by atoms with Crippen LogP contribution in [0, 0.1) is 0 Å². The van der Waals surface area contributed by atoms with E-state index in [2.05, 4.69) is 14.6 Å². The Bertz CT molecular complexity index is 234. The third-order valence-corrected chi connectivity index (χ3v) is 3.13. The van der Waals surface area contributed by atoms with Crippen molar-refractivity contribution in [3.05, 3.63) is 11.1 Å². The van der Waals surface area contributed by atoms with Gasteiger partial charge in [0.05, 0.1) is 0 Å². The molecule has 0 aromatic heterocycles. The molecule has 0 radical (unpaired) electrons. The summed E-state index contributed by atoms with van der Waals surface area (Å²) in [5.41, 5.74) is 2.88. The minimum Gasteiger partial charge on any atom is -0.352 e. The van der Waals surface area contributed by atoms with Crippen molar-refractivity contribution in [3.63, 3.8) is 0 Å². The molecule has 0 spiro atoms. The minimum absolute atomic E-state index is 0.170. The van der Waals surface area contributed by atoms with Crippen LogP contribution in [0.3, 0.4) is 0 Å². The second kappa shape index (κ2) is 2.60. The predicted octanol–water partition coefficient (Wildman–Crippen LogP) is 0.840. The van der Waals surface area contributed by atoms with E-state index in [1.165, 1.54) is 5.57 Å². The molecular formula is C8H12NOP. The second-order valence-corrected chi connectivity index (χ2v) is 3.97. The molecule has 2 nitrogen and oxygen atoms in total. The molecule has 1 heterocycles. The van der Waals surface area contributed by atoms with Crippen LogP contribution in [0.4, 0.5) is 0 Å². The van der Waals surface area contributed by atoms with E-state index in [1.54, 1.807) is 0 Å². The van der Waals surface area contributed by atoms with Gasteiger partial charge in [0.15, 0.2) is 0 Å². The summed E-state index contributed by atoms with van der Waals surface area (Å²) in [6.07, 6.45) is 3.35. The van der Waals surface area contributed by atoms with Gasteiger partial charge in [-0.25, -0.2) is 0 Å². The van der Waals surface area contributed by atoms with E-state index in [9.17, 15) is 4.79 Å². The molecule has 2 unspecified atom stereocenters. The highest BCUT2D eigenvalue weighted by Crippen LogP contribution is 2.35. The topological polar surface area (TPSA) is 29.1 Å². The van der Waals surface area contributed by atoms with Gasteiger partial charge >= 0.3 is 0 Å². The maximum atomic E-state index is 11.3. The monoisotopic (exact) mass is 169 g/mol. The SMILES string of the molecule is O=C1NCCC2=C1C(P)CC2. The number of carbonyl (C=O) groups is 1. The van der Waals surface area contributed by atoms with Gasteiger partial charge in [-0.1, -0.05) is 5.57 Å². The lowest BCUT2D eigenvalue weighted by Gasteiger charge is -2.16. The molecule has 0 aromatic carbocycles. The fourth-order valence-electron chi connectivity index (χ4n) is 1.88. The molecule has 1 N–H and O–H groups in total. The first-order valence-corrected chi connectivity index (χ1v) is 4.71. The van der Waals surface area contributed by atoms with Crippen LogP contribution in [0.5, 0.6) is 0 Å². The van der Waals surface area contributed by atoms with E-state index in [0.29, 0.717) is 5.66 Å². The largest absolute Gasteiger partial charge is 0.352 e. The van der Waals surface area contributed by atoms with E-state index in [0.717, 1.165) is 31.4 Å². The maximum absolute atomic E-state index is 11.3. The quantitative estimate of drug-likeness (QED) is 0.535. The number of hydrogen-bond acceptors (Lipinski definition) is 1. The molecule has 0 aromatic rings. The lowest BCUT2D eigenvalue weighted by Crippen LogP contribution is -2.32. The van der Waals surface area contributed by atoms with Gasteiger partial charge in [0.25, 0.3) is 0 Å². The Hall–Kier alpha value is -0.360. The number of amides is 1. The van der Waals surface area contributed by atoms with Crippen molar-refractivity contribution in [1.82, 2.24) is 5.32 Å². The Morgan fingerprint density at radius 3 is 3.00 bits per heavy atom. The van der Waals surface area contributed by atoms with Crippen molar-refractivity contribution in [3.8, 4) is 0 Å². The average Bonchev–Trinajstić information content (AvgIpc) is 2.34. The molecule has 0 fully saturated rings. The van der Waals surface area contributed by atoms with Crippen LogP contribution in [0.2, 0.25) is 0 Å². The molecule has 2 atom stereocenters. The van der Waals surface area contributed by atoms with Gasteiger partial charge < -0.3 is 5.32 Å². The normalized spacial score (nSPS) is 30.3. The van der Waals surface area contributed by atoms with Crippen LogP contribution in [0.15, 0.2) is 11.1 Å². The molecule has 60 valence electrons. The van der Waals surface area contributed by atoms with E-state index in [-0.39, 0.29) is 5.91 Å². The van der Waals surface area contributed by atoms with Gasteiger partial charge in [-0.2, -0.15) is 0 Å². The standard InChI is InChI=1S/C8H12NOP/c10-8-7-5(3-4-9-8)1-2-6(7)11/h6H,1-4,11H2,(H,9,10). The summed E-state index contributed by atoms with van der Waals surface area (Å²) in [5, 5.41) is 2.87. The van der Waals surface area contributed by atoms with Gasteiger partial charge in [0, 0.05) is 17.8 Å². The van der Waals surface area contributed by atoms with Gasteiger partial charge in [-0.05, 0) is 19.3 Å². The highest BCUT2D eigenvalue weighted by molar-refractivity contribution is 7.18. The van der Waals surface area contributed by atoms with Crippen molar-refractivity contribution in [1.29, 1.82) is 0 Å². The van der Waals surface area contributed by atoms with E-state index in [1.807, 2.05) is 0 Å². The summed E-state index contributed by atoms with van der Waals surface area (Å²) in [7, 11) is 2.75. The Morgan fingerprint density at radius 2 is 2.27 bits per heavy atom. The van der Waals surface area contributed by atoms with Gasteiger partial charge in [-0.15, -0.1) is 9.24 Å². The molecule has 2 rings (SSSR count). The molecule has 0 saturated carbocycles. The zero-order chi connectivity index (χ0) is 7.84. The molecular weight excluding hydrogens is 157 g/mol. The number of rotatable bonds is 0. The predicted molar refractivity (Wildman–Crippen MR) is 47.4 cm³/mol. The van der Waals surface area contributed by atoms with Crippen LogP contribution < -0.4 is 5.32 Å². The minimum atomic E-state index is 0.170. The van der Waals surface area contributed by atoms with Gasteiger partial charge in [0.2, 0.25) is 5.91 Å². The van der Waals surface area contributed by atoms with Crippen LogP contribution in [0.25, 0.3) is 0 Å². The van der Waals surface area contributed by atoms with Crippen LogP contribution in [-0.4, -0.2) is 18.1 Å². The first kappa shape index (κ1) is 7.30. The molecule has 2 aliphatic rings. The van der Waals surface area contributed by atoms with Crippen molar-refractivity contribution in [2.24, 2.45) is 0 Å². The Kier molecular flexibility index (Phi) is 1.72. The second-order valence-electron chi connectivity index (χ2n) is 3.17. The van der Waals surface area contributed by atoms with Crippen molar-refractivity contribution in [2.75, 3.05) is 6.54 Å². The Balaban J connectivity index is 2.34. The fourth-order valence-corrected chi connectivity index (χ4v) is 2.44. The molecule has 0 saturated heterocycles. The van der Waals surface area contributed by atoms with Crippen molar-refractivity contribution >= 4 is 15.1 Å². The summed E-state index contributed by atoms with van der Waals surface area (Å²) in [5.74, 6) is 0.170. The average molecular weight is 169 g/mol. The highest BCUT2D eigenvalue weighted by Gasteiger charge is 2.29. The first-order chi connectivity index (χ1) is 5.29. The van der Waals surface area contributed by atoms with E-state index in [4.69, 9.17) is 0 Å². The van der Waals surface area contributed by atoms with Crippen molar-refractivity contribution in [2.45, 2.75) is 24.9 Å². The molecule has 1 aliphatic carbocycles. The van der Waals surface area contributed by atoms with E-state index < -0.39 is 0 Å². The third-order valence-electron chi connectivity index (χ3n) is 2.47. The number of hydrogen-bond donors (Lipinski definition) is 1.